The molecule has 0 radical (unpaired) electrons. The number of nitriles is 1. The zero-order chi connectivity index (χ0) is 37.7. The van der Waals surface area contributed by atoms with Crippen molar-refractivity contribution in [3.8, 4) is 6.07 Å². The van der Waals surface area contributed by atoms with Gasteiger partial charge in [0.1, 0.15) is 5.84 Å². The Morgan fingerprint density at radius 3 is 2.18 bits per heavy atom. The molecule has 0 saturated heterocycles. The highest BCUT2D eigenvalue weighted by molar-refractivity contribution is 9.09. The Morgan fingerprint density at radius 2 is 1.64 bits per heavy atom. The molecule has 0 heterocycles. The van der Waals surface area contributed by atoms with Crippen molar-refractivity contribution >= 4 is 68.7 Å². The Kier molecular flexibility index (Phi) is 20.2. The van der Waals surface area contributed by atoms with E-state index >= 15 is 0 Å². The van der Waals surface area contributed by atoms with Crippen LogP contribution < -0.4 is 34.5 Å². The van der Waals surface area contributed by atoms with Crippen LogP contribution in [0, 0.1) is 22.7 Å². The maximum absolute atomic E-state index is 11.7. The maximum Gasteiger partial charge on any atom is 0.331 e. The summed E-state index contributed by atoms with van der Waals surface area (Å²) in [6.45, 7) is 1.85. The number of carbonyl (C=O) groups is 1. The molecular weight excluding hydrogens is 793 g/mol. The summed E-state index contributed by atoms with van der Waals surface area (Å²) in [6.07, 6.45) is 9.98. The van der Waals surface area contributed by atoms with E-state index in [0.717, 1.165) is 39.3 Å². The zero-order valence-corrected chi connectivity index (χ0v) is 31.7. The fourth-order valence-corrected chi connectivity index (χ4v) is 6.20. The van der Waals surface area contributed by atoms with Crippen LogP contribution in [0.2, 0.25) is 0 Å². The third kappa shape index (κ3) is 15.1. The number of benzene rings is 2. The zero-order valence-electron chi connectivity index (χ0n) is 27.6. The second kappa shape index (κ2) is 23.1. The largest absolute Gasteiger partial charge is 0.384 e. The quantitative estimate of drug-likeness (QED) is 0.0326. The summed E-state index contributed by atoms with van der Waals surface area (Å²) in [6, 6.07) is 12.9. The first kappa shape index (κ1) is 43.7. The van der Waals surface area contributed by atoms with Crippen molar-refractivity contribution in [1.29, 1.82) is 10.7 Å². The van der Waals surface area contributed by atoms with Gasteiger partial charge < -0.3 is 43.9 Å². The molecule has 50 heavy (non-hydrogen) atoms. The van der Waals surface area contributed by atoms with E-state index in [1.807, 2.05) is 18.2 Å². The number of ketones is 1. The van der Waals surface area contributed by atoms with Crippen LogP contribution in [0.15, 0.2) is 76.0 Å². The summed E-state index contributed by atoms with van der Waals surface area (Å²) in [5.41, 5.74) is 31.3. The number of hydrogen-bond acceptors (Lipinski definition) is 9. The summed E-state index contributed by atoms with van der Waals surface area (Å²) in [7, 11) is -3.59. The fraction of sp³-hybridized carbons (Fsp3) is 0.312. The number of allylic oxidation sites excluding steroid dienone is 4. The summed E-state index contributed by atoms with van der Waals surface area (Å²) >= 11 is 6.49. The van der Waals surface area contributed by atoms with Crippen molar-refractivity contribution in [1.82, 2.24) is 0 Å². The van der Waals surface area contributed by atoms with Gasteiger partial charge in [0.2, 0.25) is 11.9 Å². The molecule has 14 N–H and O–H groups in total. The molecule has 2 aliphatic carbocycles. The Balaban J connectivity index is 0.000000441. The molecule has 2 aliphatic rings. The van der Waals surface area contributed by atoms with E-state index in [2.05, 4.69) is 71.2 Å². The summed E-state index contributed by atoms with van der Waals surface area (Å²) in [4.78, 5) is 20.8. The molecule has 15 nitrogen and oxygen atoms in total. The molecule has 2 aromatic carbocycles. The highest BCUT2D eigenvalue weighted by Crippen LogP contribution is 2.41. The lowest BCUT2D eigenvalue weighted by Crippen LogP contribution is -2.23. The minimum Gasteiger partial charge on any atom is -0.384 e. The van der Waals surface area contributed by atoms with Crippen LogP contribution in [-0.4, -0.2) is 57.6 Å². The topological polar surface area (TPSA) is 304 Å². The molecule has 0 bridgehead atoms. The average Bonchev–Trinajstić information content (AvgIpc) is 3.65. The first-order chi connectivity index (χ1) is 23.8. The second-order valence-corrected chi connectivity index (χ2v) is 13.5. The van der Waals surface area contributed by atoms with Gasteiger partial charge in [-0.3, -0.25) is 14.8 Å². The summed E-state index contributed by atoms with van der Waals surface area (Å²) in [5, 5.41) is 29.2. The number of nitrogen functional groups attached to an aromatic ring is 1. The summed E-state index contributed by atoms with van der Waals surface area (Å²) in [5.74, 6) is 4.39. The molecule has 270 valence electrons. The van der Waals surface area contributed by atoms with Gasteiger partial charge in [-0.25, -0.2) is 0 Å². The van der Waals surface area contributed by atoms with E-state index in [4.69, 9.17) is 43.9 Å². The number of alkyl halides is 2. The van der Waals surface area contributed by atoms with E-state index < -0.39 is 7.60 Å². The Bertz CT molecular complexity index is 1690. The van der Waals surface area contributed by atoms with E-state index in [0.29, 0.717) is 36.1 Å². The highest BCUT2D eigenvalue weighted by Gasteiger charge is 2.30. The lowest BCUT2D eigenvalue weighted by molar-refractivity contribution is 0.0994. The number of nitrogens with one attached hydrogen (secondary N) is 1. The number of fused-ring (bicyclic) bond motifs is 2. The minimum atomic E-state index is -3.59. The minimum absolute atomic E-state index is 0.0119. The molecule has 0 aliphatic heterocycles. The number of guanidine groups is 2. The Hall–Kier alpha value is -4.33. The van der Waals surface area contributed by atoms with Crippen LogP contribution in [0.25, 0.3) is 0 Å². The van der Waals surface area contributed by atoms with Crippen LogP contribution in [-0.2, 0) is 21.9 Å². The van der Waals surface area contributed by atoms with E-state index in [1.165, 1.54) is 0 Å². The van der Waals surface area contributed by atoms with Gasteiger partial charge in [-0.2, -0.15) is 10.4 Å². The summed E-state index contributed by atoms with van der Waals surface area (Å²) < 4.78 is 16.6. The monoisotopic (exact) mass is 835 g/mol. The van der Waals surface area contributed by atoms with Crippen molar-refractivity contribution in [2.45, 2.75) is 32.6 Å². The smallest absolute Gasteiger partial charge is 0.331 e. The van der Waals surface area contributed by atoms with Gasteiger partial charge in [0.05, 0.1) is 30.1 Å². The van der Waals surface area contributed by atoms with Crippen LogP contribution in [0.4, 0.5) is 0 Å². The normalized spacial score (nSPS) is 15.9. The van der Waals surface area contributed by atoms with Crippen LogP contribution in [0.5, 0.6) is 0 Å². The molecule has 2 unspecified atom stereocenters. The average molecular weight is 838 g/mol. The maximum atomic E-state index is 11.7. The second-order valence-electron chi connectivity index (χ2n) is 10.3. The van der Waals surface area contributed by atoms with Gasteiger partial charge in [-0.15, -0.1) is 10.2 Å². The highest BCUT2D eigenvalue weighted by atomic mass is 79.9. The lowest BCUT2D eigenvalue weighted by atomic mass is 9.99. The van der Waals surface area contributed by atoms with Gasteiger partial charge in [-0.05, 0) is 43.4 Å². The molecule has 2 atom stereocenters. The molecular formula is C32H44Br2N11O4P. The molecule has 2 aromatic rings. The van der Waals surface area contributed by atoms with Gasteiger partial charge in [-0.1, -0.05) is 86.5 Å². The van der Waals surface area contributed by atoms with Crippen molar-refractivity contribution in [2.24, 2.45) is 55.7 Å². The van der Waals surface area contributed by atoms with Crippen LogP contribution >= 0.6 is 39.5 Å². The van der Waals surface area contributed by atoms with Crippen LogP contribution in [0.3, 0.4) is 0 Å². The van der Waals surface area contributed by atoms with Crippen molar-refractivity contribution in [3.05, 3.63) is 94.1 Å². The van der Waals surface area contributed by atoms with E-state index in [9.17, 15) is 14.3 Å². The molecule has 0 aromatic heterocycles. The third-order valence-corrected chi connectivity index (χ3v) is 8.88. The molecule has 0 fully saturated rings. The number of rotatable bonds is 10. The van der Waals surface area contributed by atoms with Crippen molar-refractivity contribution in [3.63, 3.8) is 0 Å². The number of nitrogens with two attached hydrogens (primary N) is 6. The Labute approximate surface area is 308 Å². The molecule has 18 heteroatoms. The number of Topliss-reactive ketones (excluding diaryl/α,β-unsaturated/α-hetero) is 1. The van der Waals surface area contributed by atoms with Gasteiger partial charge in [0.15, 0.2) is 5.78 Å². The van der Waals surface area contributed by atoms with Crippen molar-refractivity contribution in [2.75, 3.05) is 23.4 Å². The number of hydrogen-bond donors (Lipinski definition) is 8. The molecule has 0 amide bonds. The SMILES string of the molecule is BrC/C=C/CBr.CCOP(=O)(O)C/C=C/CC1Cc2c(C(=N)N)cccc2/C1=N/N=C(N)N.N#Cc1cccc2c1CCC2=O.NN=C(N)N. The van der Waals surface area contributed by atoms with Crippen molar-refractivity contribution < 1.29 is 18.8 Å². The van der Waals surface area contributed by atoms with Gasteiger partial charge in [0.25, 0.3) is 0 Å². The Morgan fingerprint density at radius 1 is 1.02 bits per heavy atom. The predicted molar refractivity (Wildman–Crippen MR) is 208 cm³/mol. The number of hydrazone groups is 1. The van der Waals surface area contributed by atoms with E-state index in [1.54, 1.807) is 37.3 Å². The van der Waals surface area contributed by atoms with Crippen LogP contribution in [0.1, 0.15) is 57.9 Å². The third-order valence-electron chi connectivity index (χ3n) is 6.80. The standard InChI is InChI=1S/C17H25N6O3P.C10H7NO.C4H6Br2.CH6N4/c1-2-26-27(24,25)9-4-3-6-11-10-14-12(15(11)22-23-17(20)21)7-5-8-13(14)16(18)19;11-6-7-2-1-3-9-8(7)4-5-10(9)12;5-3-1-2-4-6;2-1(3)5-4/h3-5,7-8,11H,2,6,9-10H2,1H3,(H3,18,19)(H,24,25)(H4,20,21,23);1-3H,4-5H2;1-2H,3-4H2;4H2,(H4,2,3,5)/b4-3+,22-15+;;2-1+;. The van der Waals surface area contributed by atoms with Gasteiger partial charge >= 0.3 is 7.60 Å². The first-order valence-electron chi connectivity index (χ1n) is 15.1. The molecule has 4 rings (SSSR count). The fourth-order valence-electron chi connectivity index (χ4n) is 4.75. The first-order valence-corrected chi connectivity index (χ1v) is 19.1. The number of nitrogens with zero attached hydrogens (tertiary/aromatic N) is 4. The number of amidine groups is 1. The number of carbonyl (C=O) groups excluding carboxylic acids is 1. The number of halogens is 2. The van der Waals surface area contributed by atoms with Gasteiger partial charge in [0, 0.05) is 39.7 Å². The molecule has 0 saturated carbocycles. The predicted octanol–water partition coefficient (Wildman–Crippen LogP) is 3.44. The molecule has 0 spiro atoms. The van der Waals surface area contributed by atoms with E-state index in [-0.39, 0.29) is 42.2 Å². The lowest BCUT2D eigenvalue weighted by Gasteiger charge is -2.09.